The molecule has 0 bridgehead atoms. The predicted molar refractivity (Wildman–Crippen MR) is 74.2 cm³/mol. The number of fused-ring (bicyclic) bond motifs is 1. The number of hydrogen-bond acceptors (Lipinski definition) is 3. The van der Waals surface area contributed by atoms with Gasteiger partial charge >= 0.3 is 0 Å². The Morgan fingerprint density at radius 2 is 2.06 bits per heavy atom. The Hall–Kier alpha value is -1.65. The standard InChI is InChI=1S/C14H11BrN2O/c15-14-11(5-6-18-14)13(16)10-7-9-3-1-2-4-12(9)17-8-10/h1-8,13H,16H2. The van der Waals surface area contributed by atoms with E-state index in [2.05, 4.69) is 27.0 Å². The average molecular weight is 303 g/mol. The first-order valence-electron chi connectivity index (χ1n) is 5.59. The summed E-state index contributed by atoms with van der Waals surface area (Å²) in [5.74, 6) is 0. The highest BCUT2D eigenvalue weighted by atomic mass is 79.9. The summed E-state index contributed by atoms with van der Waals surface area (Å²) >= 11 is 3.35. The third-order valence-corrected chi connectivity index (χ3v) is 3.60. The molecule has 1 unspecified atom stereocenters. The lowest BCUT2D eigenvalue weighted by atomic mass is 10.0. The number of benzene rings is 1. The highest BCUT2D eigenvalue weighted by molar-refractivity contribution is 9.10. The molecule has 0 saturated heterocycles. The molecule has 3 aromatic rings. The fourth-order valence-electron chi connectivity index (χ4n) is 1.96. The van der Waals surface area contributed by atoms with Crippen molar-refractivity contribution < 1.29 is 4.42 Å². The van der Waals surface area contributed by atoms with E-state index in [0.29, 0.717) is 4.67 Å². The summed E-state index contributed by atoms with van der Waals surface area (Å²) in [6.07, 6.45) is 3.43. The van der Waals surface area contributed by atoms with Crippen molar-refractivity contribution in [3.63, 3.8) is 0 Å². The maximum absolute atomic E-state index is 6.22. The molecule has 0 spiro atoms. The minimum atomic E-state index is -0.241. The molecule has 1 aromatic carbocycles. The summed E-state index contributed by atoms with van der Waals surface area (Å²) in [5.41, 5.74) is 9.09. The summed E-state index contributed by atoms with van der Waals surface area (Å²) in [7, 11) is 0. The van der Waals surface area contributed by atoms with Crippen LogP contribution < -0.4 is 5.73 Å². The van der Waals surface area contributed by atoms with Gasteiger partial charge in [-0.2, -0.15) is 0 Å². The van der Waals surface area contributed by atoms with Gasteiger partial charge in [-0.05, 0) is 39.7 Å². The van der Waals surface area contributed by atoms with Crippen molar-refractivity contribution in [3.8, 4) is 0 Å². The molecule has 0 radical (unpaired) electrons. The fraction of sp³-hybridized carbons (Fsp3) is 0.0714. The van der Waals surface area contributed by atoms with Crippen LogP contribution in [0.5, 0.6) is 0 Å². The zero-order chi connectivity index (χ0) is 12.5. The van der Waals surface area contributed by atoms with E-state index in [1.54, 1.807) is 6.26 Å². The summed E-state index contributed by atoms with van der Waals surface area (Å²) < 4.78 is 5.88. The van der Waals surface area contributed by atoms with Gasteiger partial charge in [0, 0.05) is 17.1 Å². The highest BCUT2D eigenvalue weighted by Gasteiger charge is 2.15. The Morgan fingerprint density at radius 1 is 1.22 bits per heavy atom. The summed E-state index contributed by atoms with van der Waals surface area (Å²) in [5, 5.41) is 1.09. The van der Waals surface area contributed by atoms with Gasteiger partial charge in [0.1, 0.15) is 0 Å². The van der Waals surface area contributed by atoms with Crippen molar-refractivity contribution in [1.82, 2.24) is 4.98 Å². The molecule has 1 atom stereocenters. The van der Waals surface area contributed by atoms with Gasteiger partial charge in [0.25, 0.3) is 0 Å². The monoisotopic (exact) mass is 302 g/mol. The molecule has 0 aliphatic carbocycles. The molecule has 3 nitrogen and oxygen atoms in total. The molecule has 2 heterocycles. The molecule has 3 rings (SSSR count). The Morgan fingerprint density at radius 3 is 2.83 bits per heavy atom. The molecule has 2 N–H and O–H groups in total. The first-order valence-corrected chi connectivity index (χ1v) is 6.38. The van der Waals surface area contributed by atoms with Gasteiger partial charge in [0.15, 0.2) is 4.67 Å². The molecule has 0 aliphatic rings. The summed E-state index contributed by atoms with van der Waals surface area (Å²) in [6.45, 7) is 0. The molecule has 90 valence electrons. The second-order valence-electron chi connectivity index (χ2n) is 4.09. The summed E-state index contributed by atoms with van der Waals surface area (Å²) in [6, 6.07) is 11.7. The lowest BCUT2D eigenvalue weighted by Gasteiger charge is -2.11. The van der Waals surface area contributed by atoms with Gasteiger partial charge in [-0.25, -0.2) is 0 Å². The second kappa shape index (κ2) is 4.55. The van der Waals surface area contributed by atoms with Crippen molar-refractivity contribution in [1.29, 1.82) is 0 Å². The van der Waals surface area contributed by atoms with Crippen LogP contribution >= 0.6 is 15.9 Å². The van der Waals surface area contributed by atoms with Crippen LogP contribution in [0.3, 0.4) is 0 Å². The van der Waals surface area contributed by atoms with Gasteiger partial charge in [-0.3, -0.25) is 4.98 Å². The van der Waals surface area contributed by atoms with E-state index in [4.69, 9.17) is 10.2 Å². The van der Waals surface area contributed by atoms with Crippen molar-refractivity contribution in [2.75, 3.05) is 0 Å². The van der Waals surface area contributed by atoms with Crippen LogP contribution in [0.15, 0.2) is 57.9 Å². The molecular weight excluding hydrogens is 292 g/mol. The van der Waals surface area contributed by atoms with Gasteiger partial charge in [0.05, 0.1) is 17.8 Å². The van der Waals surface area contributed by atoms with Gasteiger partial charge in [0.2, 0.25) is 0 Å². The van der Waals surface area contributed by atoms with Crippen LogP contribution in [0.2, 0.25) is 0 Å². The molecule has 0 amide bonds. The quantitative estimate of drug-likeness (QED) is 0.786. The number of aromatic nitrogens is 1. The number of pyridine rings is 1. The van der Waals surface area contributed by atoms with Crippen LogP contribution in [0, 0.1) is 0 Å². The van der Waals surface area contributed by atoms with E-state index in [1.165, 1.54) is 0 Å². The molecule has 2 aromatic heterocycles. The third kappa shape index (κ3) is 1.94. The Kier molecular flexibility index (Phi) is 2.89. The van der Waals surface area contributed by atoms with Crippen LogP contribution in [0.4, 0.5) is 0 Å². The Bertz CT molecular complexity index is 693. The number of halogens is 1. The minimum absolute atomic E-state index is 0.241. The van der Waals surface area contributed by atoms with Crippen molar-refractivity contribution >= 4 is 26.8 Å². The van der Waals surface area contributed by atoms with Crippen molar-refractivity contribution in [2.45, 2.75) is 6.04 Å². The molecule has 18 heavy (non-hydrogen) atoms. The molecule has 4 heteroatoms. The first kappa shape index (κ1) is 11.4. The van der Waals surface area contributed by atoms with Gasteiger partial charge < -0.3 is 10.2 Å². The van der Waals surface area contributed by atoms with Crippen LogP contribution in [-0.2, 0) is 0 Å². The lowest BCUT2D eigenvalue weighted by Crippen LogP contribution is -2.11. The zero-order valence-corrected chi connectivity index (χ0v) is 11.1. The van der Waals surface area contributed by atoms with Gasteiger partial charge in [-0.15, -0.1) is 0 Å². The number of hydrogen-bond donors (Lipinski definition) is 1. The van der Waals surface area contributed by atoms with Crippen molar-refractivity contribution in [3.05, 3.63) is 64.7 Å². The minimum Gasteiger partial charge on any atom is -0.457 e. The van der Waals surface area contributed by atoms with E-state index in [-0.39, 0.29) is 6.04 Å². The summed E-state index contributed by atoms with van der Waals surface area (Å²) in [4.78, 5) is 4.42. The van der Waals surface area contributed by atoms with Crippen molar-refractivity contribution in [2.24, 2.45) is 5.73 Å². The van der Waals surface area contributed by atoms with E-state index in [0.717, 1.165) is 22.0 Å². The first-order chi connectivity index (χ1) is 8.75. The molecule has 0 saturated carbocycles. The molecule has 0 aliphatic heterocycles. The fourth-order valence-corrected chi connectivity index (χ4v) is 2.45. The smallest absolute Gasteiger partial charge is 0.174 e. The predicted octanol–water partition coefficient (Wildman–Crippen LogP) is 3.64. The van der Waals surface area contributed by atoms with Crippen LogP contribution in [-0.4, -0.2) is 4.98 Å². The van der Waals surface area contributed by atoms with E-state index >= 15 is 0 Å². The third-order valence-electron chi connectivity index (χ3n) is 2.95. The van der Waals surface area contributed by atoms with Gasteiger partial charge in [-0.1, -0.05) is 18.2 Å². The van der Waals surface area contributed by atoms with E-state index < -0.39 is 0 Å². The second-order valence-corrected chi connectivity index (χ2v) is 4.81. The molecule has 0 fully saturated rings. The topological polar surface area (TPSA) is 52.0 Å². The lowest BCUT2D eigenvalue weighted by molar-refractivity contribution is 0.534. The number of rotatable bonds is 2. The van der Waals surface area contributed by atoms with E-state index in [1.807, 2.05) is 36.5 Å². The van der Waals surface area contributed by atoms with Crippen LogP contribution in [0.25, 0.3) is 10.9 Å². The van der Waals surface area contributed by atoms with Crippen LogP contribution in [0.1, 0.15) is 17.2 Å². The maximum atomic E-state index is 6.22. The maximum Gasteiger partial charge on any atom is 0.174 e. The normalized spacial score (nSPS) is 12.8. The number of nitrogens with zero attached hydrogens (tertiary/aromatic N) is 1. The largest absolute Gasteiger partial charge is 0.457 e. The SMILES string of the molecule is NC(c1cnc2ccccc2c1)c1ccoc1Br. The average Bonchev–Trinajstić information content (AvgIpc) is 2.83. The molecular formula is C14H11BrN2O. The number of nitrogens with two attached hydrogens (primary N) is 1. The number of furan rings is 1. The highest BCUT2D eigenvalue weighted by Crippen LogP contribution is 2.28. The van der Waals surface area contributed by atoms with E-state index in [9.17, 15) is 0 Å². The Labute approximate surface area is 113 Å². The number of para-hydroxylation sites is 1. The zero-order valence-electron chi connectivity index (χ0n) is 9.51. The Balaban J connectivity index is 2.07.